The summed E-state index contributed by atoms with van der Waals surface area (Å²) in [6, 6.07) is 15.8. The van der Waals surface area contributed by atoms with E-state index < -0.39 is 0 Å². The number of hydrogen-bond donors (Lipinski definition) is 0. The average molecular weight is 379 g/mol. The standard InChI is InChI=1S/C22H25N3O3/c1-2-27-20-10-6-4-8-18(20)24-13-15-25(16-14-24)22(26)12-11-21-23-17-7-3-5-9-19(17)28-21/h3-10H,2,11-16H2,1H3. The van der Waals surface area contributed by atoms with Crippen LogP contribution >= 0.6 is 0 Å². The zero-order valence-electron chi connectivity index (χ0n) is 16.1. The number of nitrogens with zero attached hydrogens (tertiary/aromatic N) is 3. The van der Waals surface area contributed by atoms with Crippen molar-refractivity contribution in [1.29, 1.82) is 0 Å². The number of aryl methyl sites for hydroxylation is 1. The Balaban J connectivity index is 1.31. The minimum absolute atomic E-state index is 0.153. The molecule has 1 aliphatic heterocycles. The highest BCUT2D eigenvalue weighted by atomic mass is 16.5. The quantitative estimate of drug-likeness (QED) is 0.656. The lowest BCUT2D eigenvalue weighted by Crippen LogP contribution is -2.49. The highest BCUT2D eigenvalue weighted by Gasteiger charge is 2.23. The summed E-state index contributed by atoms with van der Waals surface area (Å²) in [6.07, 6.45) is 0.948. The molecule has 0 bridgehead atoms. The molecule has 3 aromatic rings. The minimum atomic E-state index is 0.153. The van der Waals surface area contributed by atoms with Gasteiger partial charge in [0, 0.05) is 39.0 Å². The third-order valence-corrected chi connectivity index (χ3v) is 5.03. The van der Waals surface area contributed by atoms with Crippen LogP contribution in [0.3, 0.4) is 0 Å². The van der Waals surface area contributed by atoms with Gasteiger partial charge in [0.15, 0.2) is 11.5 Å². The molecule has 28 heavy (non-hydrogen) atoms. The van der Waals surface area contributed by atoms with Crippen molar-refractivity contribution in [2.45, 2.75) is 19.8 Å². The summed E-state index contributed by atoms with van der Waals surface area (Å²) in [5.74, 6) is 1.68. The topological polar surface area (TPSA) is 58.8 Å². The van der Waals surface area contributed by atoms with E-state index in [4.69, 9.17) is 9.15 Å². The molecule has 0 spiro atoms. The van der Waals surface area contributed by atoms with E-state index in [2.05, 4.69) is 16.0 Å². The van der Waals surface area contributed by atoms with E-state index >= 15 is 0 Å². The molecule has 0 N–H and O–H groups in total. The Hall–Kier alpha value is -3.02. The number of aromatic nitrogens is 1. The van der Waals surface area contributed by atoms with Gasteiger partial charge < -0.3 is 19.0 Å². The van der Waals surface area contributed by atoms with Gasteiger partial charge >= 0.3 is 0 Å². The van der Waals surface area contributed by atoms with Crippen molar-refractivity contribution in [2.24, 2.45) is 0 Å². The highest BCUT2D eigenvalue weighted by molar-refractivity contribution is 5.77. The van der Waals surface area contributed by atoms with Crippen molar-refractivity contribution in [3.63, 3.8) is 0 Å². The van der Waals surface area contributed by atoms with E-state index in [1.54, 1.807) is 0 Å². The number of benzene rings is 2. The predicted octanol–water partition coefficient (Wildman–Crippen LogP) is 3.51. The van der Waals surface area contributed by atoms with Gasteiger partial charge in [-0.2, -0.15) is 0 Å². The highest BCUT2D eigenvalue weighted by Crippen LogP contribution is 2.29. The first kappa shape index (κ1) is 18.3. The molecule has 6 heteroatoms. The van der Waals surface area contributed by atoms with Gasteiger partial charge in [-0.3, -0.25) is 4.79 Å². The zero-order valence-corrected chi connectivity index (χ0v) is 16.1. The number of fused-ring (bicyclic) bond motifs is 1. The molecule has 0 radical (unpaired) electrons. The second kappa shape index (κ2) is 8.33. The van der Waals surface area contributed by atoms with Gasteiger partial charge in [0.25, 0.3) is 0 Å². The molecule has 0 atom stereocenters. The number of piperazine rings is 1. The predicted molar refractivity (Wildman–Crippen MR) is 109 cm³/mol. The number of oxazole rings is 1. The number of hydrogen-bond acceptors (Lipinski definition) is 5. The van der Waals surface area contributed by atoms with Crippen LogP contribution in [0.2, 0.25) is 0 Å². The molecule has 1 aromatic heterocycles. The maximum absolute atomic E-state index is 12.6. The monoisotopic (exact) mass is 379 g/mol. The lowest BCUT2D eigenvalue weighted by Gasteiger charge is -2.36. The van der Waals surface area contributed by atoms with Crippen LogP contribution in [-0.2, 0) is 11.2 Å². The summed E-state index contributed by atoms with van der Waals surface area (Å²) in [6.45, 7) is 5.67. The molecule has 6 nitrogen and oxygen atoms in total. The fourth-order valence-corrected chi connectivity index (χ4v) is 3.59. The Kier molecular flexibility index (Phi) is 5.46. The largest absolute Gasteiger partial charge is 0.492 e. The first-order valence-electron chi connectivity index (χ1n) is 9.83. The van der Waals surface area contributed by atoms with E-state index in [1.807, 2.05) is 54.3 Å². The molecule has 0 aliphatic carbocycles. The van der Waals surface area contributed by atoms with E-state index in [1.165, 1.54) is 0 Å². The molecule has 1 amide bonds. The van der Waals surface area contributed by atoms with Gasteiger partial charge in [0.2, 0.25) is 5.91 Å². The summed E-state index contributed by atoms with van der Waals surface area (Å²) >= 11 is 0. The van der Waals surface area contributed by atoms with Crippen LogP contribution in [0.5, 0.6) is 5.75 Å². The summed E-state index contributed by atoms with van der Waals surface area (Å²) < 4.78 is 11.5. The van der Waals surface area contributed by atoms with E-state index in [0.717, 1.165) is 35.6 Å². The molecular weight excluding hydrogens is 354 g/mol. The van der Waals surface area contributed by atoms with Crippen LogP contribution in [0.4, 0.5) is 5.69 Å². The Morgan fingerprint density at radius 2 is 1.82 bits per heavy atom. The van der Waals surface area contributed by atoms with Gasteiger partial charge in [-0.05, 0) is 31.2 Å². The number of para-hydroxylation sites is 4. The smallest absolute Gasteiger partial charge is 0.223 e. The first-order valence-corrected chi connectivity index (χ1v) is 9.83. The van der Waals surface area contributed by atoms with Crippen molar-refractivity contribution in [3.05, 3.63) is 54.4 Å². The molecular formula is C22H25N3O3. The molecule has 0 saturated carbocycles. The Labute approximate surface area is 164 Å². The molecule has 1 aliphatic rings. The fraction of sp³-hybridized carbons (Fsp3) is 0.364. The van der Waals surface area contributed by atoms with Gasteiger partial charge in [-0.1, -0.05) is 24.3 Å². The van der Waals surface area contributed by atoms with Crippen LogP contribution < -0.4 is 9.64 Å². The first-order chi connectivity index (χ1) is 13.7. The number of ether oxygens (including phenoxy) is 1. The maximum Gasteiger partial charge on any atom is 0.223 e. The number of rotatable bonds is 6. The van der Waals surface area contributed by atoms with Crippen molar-refractivity contribution in [1.82, 2.24) is 9.88 Å². The maximum atomic E-state index is 12.6. The van der Waals surface area contributed by atoms with Crippen LogP contribution in [0.1, 0.15) is 19.2 Å². The number of amides is 1. The third kappa shape index (κ3) is 3.96. The van der Waals surface area contributed by atoms with Crippen LogP contribution in [0, 0.1) is 0 Å². The normalized spacial score (nSPS) is 14.5. The Bertz CT molecular complexity index is 912. The van der Waals surface area contributed by atoms with Crippen LogP contribution in [0.25, 0.3) is 11.1 Å². The van der Waals surface area contributed by atoms with Crippen molar-refractivity contribution >= 4 is 22.7 Å². The zero-order chi connectivity index (χ0) is 19.3. The minimum Gasteiger partial charge on any atom is -0.492 e. The summed E-state index contributed by atoms with van der Waals surface area (Å²) in [4.78, 5) is 21.3. The lowest BCUT2D eigenvalue weighted by atomic mass is 10.2. The van der Waals surface area contributed by atoms with Gasteiger partial charge in [0.1, 0.15) is 11.3 Å². The fourth-order valence-electron chi connectivity index (χ4n) is 3.59. The third-order valence-electron chi connectivity index (χ3n) is 5.03. The Morgan fingerprint density at radius 3 is 2.61 bits per heavy atom. The SMILES string of the molecule is CCOc1ccccc1N1CCN(C(=O)CCc2nc3ccccc3o2)CC1. The molecule has 0 unspecified atom stereocenters. The van der Waals surface area contributed by atoms with Gasteiger partial charge in [0.05, 0.1) is 12.3 Å². The summed E-state index contributed by atoms with van der Waals surface area (Å²) in [5, 5.41) is 0. The second-order valence-corrected chi connectivity index (χ2v) is 6.84. The summed E-state index contributed by atoms with van der Waals surface area (Å²) in [7, 11) is 0. The van der Waals surface area contributed by atoms with Crippen LogP contribution in [-0.4, -0.2) is 48.6 Å². The van der Waals surface area contributed by atoms with Gasteiger partial charge in [-0.25, -0.2) is 4.98 Å². The molecule has 2 heterocycles. The number of carbonyl (C=O) groups excluding carboxylic acids is 1. The number of anilines is 1. The van der Waals surface area contributed by atoms with Crippen molar-refractivity contribution in [2.75, 3.05) is 37.7 Å². The summed E-state index contributed by atoms with van der Waals surface area (Å²) in [5.41, 5.74) is 2.71. The lowest BCUT2D eigenvalue weighted by molar-refractivity contribution is -0.131. The van der Waals surface area contributed by atoms with Crippen LogP contribution in [0.15, 0.2) is 52.9 Å². The molecule has 4 rings (SSSR count). The van der Waals surface area contributed by atoms with E-state index in [0.29, 0.717) is 38.4 Å². The van der Waals surface area contributed by atoms with Gasteiger partial charge in [-0.15, -0.1) is 0 Å². The molecule has 146 valence electrons. The molecule has 1 saturated heterocycles. The Morgan fingerprint density at radius 1 is 1.07 bits per heavy atom. The van der Waals surface area contributed by atoms with E-state index in [-0.39, 0.29) is 5.91 Å². The number of carbonyl (C=O) groups is 1. The van der Waals surface area contributed by atoms with E-state index in [9.17, 15) is 4.79 Å². The average Bonchev–Trinajstić information content (AvgIpc) is 3.16. The van der Waals surface area contributed by atoms with Crippen molar-refractivity contribution < 1.29 is 13.9 Å². The van der Waals surface area contributed by atoms with Crippen molar-refractivity contribution in [3.8, 4) is 5.75 Å². The molecule has 1 fully saturated rings. The molecule has 2 aromatic carbocycles. The second-order valence-electron chi connectivity index (χ2n) is 6.84.